The zero-order valence-electron chi connectivity index (χ0n) is 15.0. The van der Waals surface area contributed by atoms with Crippen LogP contribution in [0.3, 0.4) is 0 Å². The number of unbranched alkanes of at least 4 members (excludes halogenated alkanes) is 1. The fourth-order valence-corrected chi connectivity index (χ4v) is 3.45. The third-order valence-electron chi connectivity index (χ3n) is 4.25. The highest BCUT2D eigenvalue weighted by Gasteiger charge is 2.25. The van der Waals surface area contributed by atoms with Crippen molar-refractivity contribution in [2.45, 2.75) is 25.3 Å². The van der Waals surface area contributed by atoms with Gasteiger partial charge in [-0.3, -0.25) is 4.99 Å². The lowest BCUT2D eigenvalue weighted by Crippen LogP contribution is -2.44. The van der Waals surface area contributed by atoms with Crippen LogP contribution in [0.15, 0.2) is 29.3 Å². The molecule has 5 nitrogen and oxygen atoms in total. The van der Waals surface area contributed by atoms with Gasteiger partial charge in [-0.05, 0) is 43.4 Å². The Bertz CT molecular complexity index is 523. The smallest absolute Gasteiger partial charge is 0.191 e. The van der Waals surface area contributed by atoms with Crippen molar-refractivity contribution < 1.29 is 4.74 Å². The first-order valence-corrected chi connectivity index (χ1v) is 10.0. The van der Waals surface area contributed by atoms with Crippen LogP contribution in [-0.4, -0.2) is 57.8 Å². The predicted octanol–water partition coefficient (Wildman–Crippen LogP) is 2.58. The SMILES string of the molecule is CN=C(NCCCCSC)NC1CCN(c2ccccc2OC)C1. The number of thioether (sulfide) groups is 1. The highest BCUT2D eigenvalue weighted by molar-refractivity contribution is 7.98. The van der Waals surface area contributed by atoms with Crippen molar-refractivity contribution in [1.29, 1.82) is 0 Å². The Balaban J connectivity index is 1.80. The molecule has 1 heterocycles. The van der Waals surface area contributed by atoms with E-state index in [4.69, 9.17) is 4.74 Å². The van der Waals surface area contributed by atoms with E-state index in [0.29, 0.717) is 6.04 Å². The number of benzene rings is 1. The molecule has 0 aromatic heterocycles. The van der Waals surface area contributed by atoms with Crippen LogP contribution in [-0.2, 0) is 0 Å². The number of ether oxygens (including phenoxy) is 1. The summed E-state index contributed by atoms with van der Waals surface area (Å²) in [4.78, 5) is 6.72. The van der Waals surface area contributed by atoms with Gasteiger partial charge in [-0.1, -0.05) is 12.1 Å². The second kappa shape index (κ2) is 10.3. The maximum absolute atomic E-state index is 5.48. The van der Waals surface area contributed by atoms with Crippen molar-refractivity contribution in [3.8, 4) is 5.75 Å². The van der Waals surface area contributed by atoms with E-state index in [1.165, 1.54) is 24.3 Å². The van der Waals surface area contributed by atoms with E-state index in [0.717, 1.165) is 37.8 Å². The van der Waals surface area contributed by atoms with Crippen LogP contribution < -0.4 is 20.3 Å². The van der Waals surface area contributed by atoms with Gasteiger partial charge >= 0.3 is 0 Å². The Morgan fingerprint density at radius 1 is 1.38 bits per heavy atom. The van der Waals surface area contributed by atoms with E-state index in [2.05, 4.69) is 38.9 Å². The van der Waals surface area contributed by atoms with E-state index in [1.54, 1.807) is 7.11 Å². The molecule has 0 spiro atoms. The molecule has 2 N–H and O–H groups in total. The first-order valence-electron chi connectivity index (χ1n) is 8.62. The van der Waals surface area contributed by atoms with Crippen LogP contribution in [0.1, 0.15) is 19.3 Å². The first kappa shape index (κ1) is 18.8. The van der Waals surface area contributed by atoms with Crippen LogP contribution in [0, 0.1) is 0 Å². The quantitative estimate of drug-likeness (QED) is 0.429. The lowest BCUT2D eigenvalue weighted by Gasteiger charge is -2.22. The number of guanidine groups is 1. The van der Waals surface area contributed by atoms with Gasteiger partial charge in [0.2, 0.25) is 0 Å². The van der Waals surface area contributed by atoms with Gasteiger partial charge in [-0.15, -0.1) is 0 Å². The first-order chi connectivity index (χ1) is 11.8. The Labute approximate surface area is 150 Å². The number of rotatable bonds is 8. The molecular weight excluding hydrogens is 320 g/mol. The number of aliphatic imine (C=N–C) groups is 1. The number of hydrogen-bond donors (Lipinski definition) is 2. The molecule has 1 aromatic carbocycles. The molecule has 0 saturated carbocycles. The van der Waals surface area contributed by atoms with E-state index in [1.807, 2.05) is 30.9 Å². The van der Waals surface area contributed by atoms with Gasteiger partial charge in [0.25, 0.3) is 0 Å². The number of nitrogens with one attached hydrogen (secondary N) is 2. The minimum atomic E-state index is 0.410. The molecule has 1 aromatic rings. The van der Waals surface area contributed by atoms with Gasteiger partial charge in [0, 0.05) is 32.7 Å². The molecule has 0 aliphatic carbocycles. The number of hydrogen-bond acceptors (Lipinski definition) is 4. The third kappa shape index (κ3) is 5.51. The fourth-order valence-electron chi connectivity index (χ4n) is 2.95. The minimum absolute atomic E-state index is 0.410. The Morgan fingerprint density at radius 2 is 2.21 bits per heavy atom. The molecular formula is C18H30N4OS. The molecule has 1 unspecified atom stereocenters. The molecule has 1 aliphatic rings. The van der Waals surface area contributed by atoms with Crippen LogP contribution in [0.2, 0.25) is 0 Å². The summed E-state index contributed by atoms with van der Waals surface area (Å²) in [5.41, 5.74) is 1.17. The predicted molar refractivity (Wildman–Crippen MR) is 106 cm³/mol. The molecule has 0 bridgehead atoms. The van der Waals surface area contributed by atoms with Crippen molar-refractivity contribution >= 4 is 23.4 Å². The molecule has 0 radical (unpaired) electrons. The van der Waals surface area contributed by atoms with Crippen LogP contribution in [0.25, 0.3) is 0 Å². The lowest BCUT2D eigenvalue weighted by atomic mass is 10.2. The maximum Gasteiger partial charge on any atom is 0.191 e. The van der Waals surface area contributed by atoms with Crippen molar-refractivity contribution in [3.63, 3.8) is 0 Å². The molecule has 1 aliphatic heterocycles. The Hall–Kier alpha value is -1.56. The molecule has 2 rings (SSSR count). The summed E-state index contributed by atoms with van der Waals surface area (Å²) < 4.78 is 5.48. The summed E-state index contributed by atoms with van der Waals surface area (Å²) in [6, 6.07) is 8.63. The normalized spacial score (nSPS) is 17.9. The number of para-hydroxylation sites is 2. The number of anilines is 1. The summed E-state index contributed by atoms with van der Waals surface area (Å²) in [6.07, 6.45) is 5.68. The van der Waals surface area contributed by atoms with Gasteiger partial charge in [-0.25, -0.2) is 0 Å². The van der Waals surface area contributed by atoms with E-state index in [9.17, 15) is 0 Å². The Kier molecular flexibility index (Phi) is 8.08. The number of nitrogens with zero attached hydrogens (tertiary/aromatic N) is 2. The second-order valence-electron chi connectivity index (χ2n) is 5.95. The fraction of sp³-hybridized carbons (Fsp3) is 0.611. The van der Waals surface area contributed by atoms with Crippen LogP contribution >= 0.6 is 11.8 Å². The molecule has 1 atom stereocenters. The summed E-state index contributed by atoms with van der Waals surface area (Å²) in [6.45, 7) is 2.97. The lowest BCUT2D eigenvalue weighted by molar-refractivity contribution is 0.415. The van der Waals surface area contributed by atoms with Crippen molar-refractivity contribution in [1.82, 2.24) is 10.6 Å². The molecule has 6 heteroatoms. The maximum atomic E-state index is 5.48. The molecule has 1 fully saturated rings. The van der Waals surface area contributed by atoms with E-state index >= 15 is 0 Å². The van der Waals surface area contributed by atoms with E-state index in [-0.39, 0.29) is 0 Å². The standard InChI is InChI=1S/C18H30N4OS/c1-19-18(20-11-6-7-13-24-3)21-15-10-12-22(14-15)16-8-4-5-9-17(16)23-2/h4-5,8-9,15H,6-7,10-14H2,1-3H3,(H2,19,20,21). The van der Waals surface area contributed by atoms with Gasteiger partial charge in [0.1, 0.15) is 5.75 Å². The highest BCUT2D eigenvalue weighted by Crippen LogP contribution is 2.30. The summed E-state index contributed by atoms with van der Waals surface area (Å²) in [5.74, 6) is 3.07. The average molecular weight is 351 g/mol. The number of methoxy groups -OCH3 is 1. The van der Waals surface area contributed by atoms with Crippen molar-refractivity contribution in [2.24, 2.45) is 4.99 Å². The zero-order valence-corrected chi connectivity index (χ0v) is 15.9. The zero-order chi connectivity index (χ0) is 17.2. The topological polar surface area (TPSA) is 48.9 Å². The highest BCUT2D eigenvalue weighted by atomic mass is 32.2. The molecule has 134 valence electrons. The molecule has 24 heavy (non-hydrogen) atoms. The van der Waals surface area contributed by atoms with E-state index < -0.39 is 0 Å². The largest absolute Gasteiger partial charge is 0.495 e. The summed E-state index contributed by atoms with van der Waals surface area (Å²) >= 11 is 1.90. The average Bonchev–Trinajstić information content (AvgIpc) is 3.08. The van der Waals surface area contributed by atoms with Gasteiger partial charge in [0.15, 0.2) is 5.96 Å². The van der Waals surface area contributed by atoms with Crippen molar-refractivity contribution in [2.75, 3.05) is 50.7 Å². The monoisotopic (exact) mass is 350 g/mol. The van der Waals surface area contributed by atoms with Gasteiger partial charge < -0.3 is 20.3 Å². The minimum Gasteiger partial charge on any atom is -0.495 e. The van der Waals surface area contributed by atoms with Gasteiger partial charge in [-0.2, -0.15) is 11.8 Å². The summed E-state index contributed by atoms with van der Waals surface area (Å²) in [5, 5.41) is 6.96. The van der Waals surface area contributed by atoms with Crippen LogP contribution in [0.4, 0.5) is 5.69 Å². The Morgan fingerprint density at radius 3 is 2.96 bits per heavy atom. The third-order valence-corrected chi connectivity index (χ3v) is 4.94. The van der Waals surface area contributed by atoms with Gasteiger partial charge in [0.05, 0.1) is 12.8 Å². The molecule has 0 amide bonds. The van der Waals surface area contributed by atoms with Crippen molar-refractivity contribution in [3.05, 3.63) is 24.3 Å². The second-order valence-corrected chi connectivity index (χ2v) is 6.93. The van der Waals surface area contributed by atoms with Crippen LogP contribution in [0.5, 0.6) is 5.75 Å². The molecule has 1 saturated heterocycles. The summed E-state index contributed by atoms with van der Waals surface area (Å²) in [7, 11) is 3.57.